The fraction of sp³-hybridized carbons (Fsp3) is 0.364. The quantitative estimate of drug-likeness (QED) is 0.793. The van der Waals surface area contributed by atoms with Crippen LogP contribution in [0.4, 0.5) is 0 Å². The highest BCUT2D eigenvalue weighted by molar-refractivity contribution is 6.41. The summed E-state index contributed by atoms with van der Waals surface area (Å²) >= 11 is 11.5. The molecule has 2 rings (SSSR count). The van der Waals surface area contributed by atoms with Crippen LogP contribution >= 0.6 is 23.2 Å². The van der Waals surface area contributed by atoms with E-state index < -0.39 is 6.04 Å². The van der Waals surface area contributed by atoms with Gasteiger partial charge in [0.25, 0.3) is 5.91 Å². The molecule has 1 atom stereocenters. The minimum atomic E-state index is -0.499. The van der Waals surface area contributed by atoms with Crippen LogP contribution in [0.2, 0.25) is 10.2 Å². The molecule has 0 aliphatic carbocycles. The first-order chi connectivity index (χ1) is 8.50. The van der Waals surface area contributed by atoms with Crippen LogP contribution in [0.25, 0.3) is 0 Å². The minimum absolute atomic E-state index is 0.151. The predicted octanol–water partition coefficient (Wildman–Crippen LogP) is 1.35. The van der Waals surface area contributed by atoms with Gasteiger partial charge in [0.2, 0.25) is 5.91 Å². The van der Waals surface area contributed by atoms with Gasteiger partial charge in [0, 0.05) is 19.3 Å². The summed E-state index contributed by atoms with van der Waals surface area (Å²) in [6.07, 6.45) is 1.36. The molecule has 1 aliphatic rings. The van der Waals surface area contributed by atoms with E-state index in [1.165, 1.54) is 17.2 Å². The number of pyridine rings is 1. The van der Waals surface area contributed by atoms with Crippen molar-refractivity contribution >= 4 is 35.0 Å². The number of halogens is 2. The summed E-state index contributed by atoms with van der Waals surface area (Å²) in [5.41, 5.74) is 0.325. The van der Waals surface area contributed by atoms with Crippen molar-refractivity contribution in [2.24, 2.45) is 0 Å². The number of carbonyl (C=O) groups excluding carboxylic acids is 2. The Kier molecular flexibility index (Phi) is 3.73. The van der Waals surface area contributed by atoms with Gasteiger partial charge >= 0.3 is 0 Å². The van der Waals surface area contributed by atoms with Crippen LogP contribution in [0.3, 0.4) is 0 Å². The van der Waals surface area contributed by atoms with Crippen molar-refractivity contribution in [3.63, 3.8) is 0 Å². The molecular formula is C11H11Cl2N3O2. The lowest BCUT2D eigenvalue weighted by atomic mass is 10.1. The Morgan fingerprint density at radius 3 is 2.94 bits per heavy atom. The molecule has 0 aromatic carbocycles. The molecule has 18 heavy (non-hydrogen) atoms. The topological polar surface area (TPSA) is 62.3 Å². The molecule has 0 radical (unpaired) electrons. The van der Waals surface area contributed by atoms with E-state index in [9.17, 15) is 9.59 Å². The lowest BCUT2D eigenvalue weighted by Crippen LogP contribution is -2.55. The van der Waals surface area contributed by atoms with Gasteiger partial charge < -0.3 is 10.2 Å². The maximum Gasteiger partial charge on any atom is 0.256 e. The third-order valence-corrected chi connectivity index (χ3v) is 3.49. The second-order valence-electron chi connectivity index (χ2n) is 3.96. The largest absolute Gasteiger partial charge is 0.353 e. The molecule has 0 saturated carbocycles. The lowest BCUT2D eigenvalue weighted by Gasteiger charge is -2.32. The van der Waals surface area contributed by atoms with Crippen LogP contribution in [0.1, 0.15) is 17.3 Å². The van der Waals surface area contributed by atoms with E-state index in [4.69, 9.17) is 23.2 Å². The summed E-state index contributed by atoms with van der Waals surface area (Å²) < 4.78 is 0. The zero-order valence-electron chi connectivity index (χ0n) is 9.61. The first kappa shape index (κ1) is 13.1. The highest BCUT2D eigenvalue weighted by Gasteiger charge is 2.30. The molecule has 1 unspecified atom stereocenters. The summed E-state index contributed by atoms with van der Waals surface area (Å²) in [6, 6.07) is 0.957. The molecule has 2 heterocycles. The maximum atomic E-state index is 12.2. The average molecular weight is 288 g/mol. The molecule has 1 saturated heterocycles. The first-order valence-corrected chi connectivity index (χ1v) is 6.16. The maximum absolute atomic E-state index is 12.2. The zero-order chi connectivity index (χ0) is 13.3. The van der Waals surface area contributed by atoms with Crippen LogP contribution in [-0.2, 0) is 4.79 Å². The molecule has 1 aromatic rings. The zero-order valence-corrected chi connectivity index (χ0v) is 11.1. The third-order valence-electron chi connectivity index (χ3n) is 2.80. The van der Waals surface area contributed by atoms with Gasteiger partial charge in [-0.1, -0.05) is 23.2 Å². The van der Waals surface area contributed by atoms with Crippen molar-refractivity contribution in [3.8, 4) is 0 Å². The number of nitrogens with zero attached hydrogens (tertiary/aromatic N) is 2. The van der Waals surface area contributed by atoms with E-state index in [1.807, 2.05) is 0 Å². The molecule has 1 aromatic heterocycles. The first-order valence-electron chi connectivity index (χ1n) is 5.40. The Balaban J connectivity index is 2.25. The van der Waals surface area contributed by atoms with E-state index >= 15 is 0 Å². The fourth-order valence-electron chi connectivity index (χ4n) is 1.76. The highest BCUT2D eigenvalue weighted by atomic mass is 35.5. The third kappa shape index (κ3) is 2.42. The fourth-order valence-corrected chi connectivity index (χ4v) is 2.03. The lowest BCUT2D eigenvalue weighted by molar-refractivity contribution is -0.127. The van der Waals surface area contributed by atoms with Gasteiger partial charge in [-0.05, 0) is 13.0 Å². The molecule has 1 N–H and O–H groups in total. The van der Waals surface area contributed by atoms with E-state index in [-0.39, 0.29) is 22.0 Å². The van der Waals surface area contributed by atoms with Crippen LogP contribution < -0.4 is 5.32 Å². The van der Waals surface area contributed by atoms with Crippen molar-refractivity contribution in [2.75, 3.05) is 13.1 Å². The molecule has 0 spiro atoms. The summed E-state index contributed by atoms with van der Waals surface area (Å²) in [5, 5.41) is 3.06. The van der Waals surface area contributed by atoms with Crippen molar-refractivity contribution < 1.29 is 9.59 Å². The standard InChI is InChI=1S/C11H11Cl2N3O2/c1-6-10(17)14-2-3-16(6)11(18)7-4-8(12)9(13)15-5-7/h4-6H,2-3H2,1H3,(H,14,17). The SMILES string of the molecule is CC1C(=O)NCCN1C(=O)c1cnc(Cl)c(Cl)c1. The van der Waals surface area contributed by atoms with Gasteiger partial charge in [0.05, 0.1) is 10.6 Å². The van der Waals surface area contributed by atoms with Crippen LogP contribution in [-0.4, -0.2) is 40.8 Å². The molecule has 5 nitrogen and oxygen atoms in total. The van der Waals surface area contributed by atoms with Crippen LogP contribution in [0, 0.1) is 0 Å². The number of rotatable bonds is 1. The number of aromatic nitrogens is 1. The minimum Gasteiger partial charge on any atom is -0.353 e. The van der Waals surface area contributed by atoms with Gasteiger partial charge in [-0.2, -0.15) is 0 Å². The van der Waals surface area contributed by atoms with Crippen molar-refractivity contribution in [1.82, 2.24) is 15.2 Å². The number of amides is 2. The second kappa shape index (κ2) is 5.12. The number of hydrogen-bond donors (Lipinski definition) is 1. The number of nitrogens with one attached hydrogen (secondary N) is 1. The molecule has 96 valence electrons. The number of carbonyl (C=O) groups is 2. The smallest absolute Gasteiger partial charge is 0.256 e. The highest BCUT2D eigenvalue weighted by Crippen LogP contribution is 2.21. The average Bonchev–Trinajstić information content (AvgIpc) is 2.35. The van der Waals surface area contributed by atoms with Gasteiger partial charge in [-0.3, -0.25) is 9.59 Å². The van der Waals surface area contributed by atoms with E-state index in [0.717, 1.165) is 0 Å². The second-order valence-corrected chi connectivity index (χ2v) is 4.73. The van der Waals surface area contributed by atoms with Crippen molar-refractivity contribution in [2.45, 2.75) is 13.0 Å². The Morgan fingerprint density at radius 1 is 1.56 bits per heavy atom. The molecular weight excluding hydrogens is 277 g/mol. The molecule has 7 heteroatoms. The Morgan fingerprint density at radius 2 is 2.28 bits per heavy atom. The number of piperazine rings is 1. The molecule has 0 bridgehead atoms. The molecule has 2 amide bonds. The van der Waals surface area contributed by atoms with Gasteiger partial charge in [0.15, 0.2) is 0 Å². The summed E-state index contributed by atoms with van der Waals surface area (Å²) in [5.74, 6) is -0.439. The Hall–Kier alpha value is -1.33. The van der Waals surface area contributed by atoms with Gasteiger partial charge in [-0.25, -0.2) is 4.98 Å². The molecule has 1 fully saturated rings. The van der Waals surface area contributed by atoms with Gasteiger partial charge in [-0.15, -0.1) is 0 Å². The summed E-state index contributed by atoms with van der Waals surface area (Å²) in [4.78, 5) is 29.0. The van der Waals surface area contributed by atoms with Crippen molar-refractivity contribution in [1.29, 1.82) is 0 Å². The predicted molar refractivity (Wildman–Crippen MR) is 67.8 cm³/mol. The number of hydrogen-bond acceptors (Lipinski definition) is 3. The van der Waals surface area contributed by atoms with Gasteiger partial charge in [0.1, 0.15) is 11.2 Å². The summed E-state index contributed by atoms with van der Waals surface area (Å²) in [6.45, 7) is 2.59. The Labute approximate surface area is 114 Å². The van der Waals surface area contributed by atoms with Crippen molar-refractivity contribution in [3.05, 3.63) is 28.0 Å². The Bertz CT molecular complexity index is 507. The van der Waals surface area contributed by atoms with E-state index in [2.05, 4.69) is 10.3 Å². The van der Waals surface area contributed by atoms with E-state index in [1.54, 1.807) is 6.92 Å². The normalized spacial score (nSPS) is 19.6. The monoisotopic (exact) mass is 287 g/mol. The molecule has 1 aliphatic heterocycles. The van der Waals surface area contributed by atoms with E-state index in [0.29, 0.717) is 18.7 Å². The summed E-state index contributed by atoms with van der Waals surface area (Å²) in [7, 11) is 0. The van der Waals surface area contributed by atoms with Crippen LogP contribution in [0.15, 0.2) is 12.3 Å². The van der Waals surface area contributed by atoms with Crippen LogP contribution in [0.5, 0.6) is 0 Å².